The summed E-state index contributed by atoms with van der Waals surface area (Å²) >= 11 is 1.52. The van der Waals surface area contributed by atoms with Crippen molar-refractivity contribution in [2.75, 3.05) is 6.61 Å². The second-order valence-corrected chi connectivity index (χ2v) is 6.10. The van der Waals surface area contributed by atoms with E-state index in [9.17, 15) is 5.11 Å². The summed E-state index contributed by atoms with van der Waals surface area (Å²) in [6.45, 7) is 0.0832. The summed E-state index contributed by atoms with van der Waals surface area (Å²) in [5.74, 6) is 0.574. The lowest BCUT2D eigenvalue weighted by Crippen LogP contribution is -2.37. The van der Waals surface area contributed by atoms with E-state index in [0.717, 1.165) is 18.0 Å². The second kappa shape index (κ2) is 4.55. The molecular weight excluding hydrogens is 238 g/mol. The minimum Gasteiger partial charge on any atom is -0.395 e. The van der Waals surface area contributed by atoms with Crippen LogP contribution in [0.3, 0.4) is 0 Å². The Morgan fingerprint density at radius 3 is 2.76 bits per heavy atom. The molecule has 0 radical (unpaired) electrons. The molecule has 3 rings (SSSR count). The monoisotopic (exact) mass is 255 g/mol. The number of tetrazole rings is 1. The van der Waals surface area contributed by atoms with E-state index in [4.69, 9.17) is 5.73 Å². The van der Waals surface area contributed by atoms with Crippen molar-refractivity contribution in [1.82, 2.24) is 20.2 Å². The molecule has 0 bridgehead atoms. The lowest BCUT2D eigenvalue weighted by Gasteiger charge is -2.20. The van der Waals surface area contributed by atoms with Gasteiger partial charge in [-0.05, 0) is 42.0 Å². The first-order valence-corrected chi connectivity index (χ1v) is 6.98. The molecule has 0 aliphatic heterocycles. The number of nitrogens with zero attached hydrogens (tertiary/aromatic N) is 4. The average molecular weight is 255 g/mol. The third-order valence-corrected chi connectivity index (χ3v) is 4.63. The zero-order valence-electron chi connectivity index (χ0n) is 9.57. The number of aromatic nitrogens is 4. The molecule has 1 heterocycles. The summed E-state index contributed by atoms with van der Waals surface area (Å²) in [4.78, 5) is 0. The Bertz CT molecular complexity index is 390. The Balaban J connectivity index is 1.68. The highest BCUT2D eigenvalue weighted by molar-refractivity contribution is 7.99. The zero-order chi connectivity index (χ0) is 11.8. The van der Waals surface area contributed by atoms with Crippen LogP contribution < -0.4 is 5.73 Å². The number of rotatable bonds is 6. The number of hydrogen-bond acceptors (Lipinski definition) is 6. The third kappa shape index (κ3) is 2.46. The molecule has 7 heteroatoms. The summed E-state index contributed by atoms with van der Waals surface area (Å²) < 4.78 is 1.87. The minimum absolute atomic E-state index is 0.00556. The fourth-order valence-corrected chi connectivity index (χ4v) is 3.07. The number of aliphatic hydroxyl groups is 1. The normalized spacial score (nSPS) is 23.6. The van der Waals surface area contributed by atoms with Crippen LogP contribution in [-0.4, -0.2) is 43.2 Å². The molecule has 0 aromatic carbocycles. The van der Waals surface area contributed by atoms with Gasteiger partial charge < -0.3 is 10.8 Å². The van der Waals surface area contributed by atoms with E-state index in [-0.39, 0.29) is 17.9 Å². The van der Waals surface area contributed by atoms with Gasteiger partial charge in [-0.2, -0.15) is 0 Å². The summed E-state index contributed by atoms with van der Waals surface area (Å²) in [6, 6.07) is 0.512. The highest BCUT2D eigenvalue weighted by Crippen LogP contribution is 2.40. The first-order chi connectivity index (χ1) is 8.29. The smallest absolute Gasteiger partial charge is 0.209 e. The number of aliphatic hydroxyl groups excluding tert-OH is 1. The van der Waals surface area contributed by atoms with Crippen molar-refractivity contribution in [2.24, 2.45) is 11.7 Å². The SMILES string of the molecule is NC(C1CC1)C(CO)Sc1nnnn1C1CC1. The van der Waals surface area contributed by atoms with Gasteiger partial charge in [0.15, 0.2) is 0 Å². The van der Waals surface area contributed by atoms with E-state index in [2.05, 4.69) is 15.5 Å². The molecule has 2 aliphatic rings. The maximum atomic E-state index is 9.44. The van der Waals surface area contributed by atoms with Crippen LogP contribution in [0.25, 0.3) is 0 Å². The van der Waals surface area contributed by atoms with E-state index in [1.165, 1.54) is 24.6 Å². The highest BCUT2D eigenvalue weighted by Gasteiger charge is 2.36. The molecule has 2 fully saturated rings. The Labute approximate surface area is 104 Å². The van der Waals surface area contributed by atoms with Crippen LogP contribution >= 0.6 is 11.8 Å². The summed E-state index contributed by atoms with van der Waals surface area (Å²) in [5.41, 5.74) is 6.13. The molecule has 0 spiro atoms. The molecule has 0 saturated heterocycles. The van der Waals surface area contributed by atoms with Gasteiger partial charge in [-0.3, -0.25) is 0 Å². The molecular formula is C10H17N5OS. The lowest BCUT2D eigenvalue weighted by molar-refractivity contribution is 0.277. The van der Waals surface area contributed by atoms with Gasteiger partial charge in [-0.25, -0.2) is 4.68 Å². The van der Waals surface area contributed by atoms with E-state index in [1.54, 1.807) is 0 Å². The molecule has 2 aliphatic carbocycles. The predicted molar refractivity (Wildman–Crippen MR) is 63.5 cm³/mol. The first kappa shape index (κ1) is 11.4. The van der Waals surface area contributed by atoms with E-state index in [0.29, 0.717) is 12.0 Å². The van der Waals surface area contributed by atoms with Crippen molar-refractivity contribution < 1.29 is 5.11 Å². The van der Waals surface area contributed by atoms with Gasteiger partial charge in [0.1, 0.15) is 0 Å². The lowest BCUT2D eigenvalue weighted by atomic mass is 10.1. The highest BCUT2D eigenvalue weighted by atomic mass is 32.2. The van der Waals surface area contributed by atoms with Gasteiger partial charge in [-0.1, -0.05) is 11.8 Å². The quantitative estimate of drug-likeness (QED) is 0.706. The van der Waals surface area contributed by atoms with Gasteiger partial charge in [-0.15, -0.1) is 5.10 Å². The number of nitrogens with two attached hydrogens (primary N) is 1. The molecule has 94 valence electrons. The first-order valence-electron chi connectivity index (χ1n) is 6.10. The number of hydrogen-bond donors (Lipinski definition) is 2. The Hall–Kier alpha value is -0.660. The second-order valence-electron chi connectivity index (χ2n) is 4.89. The molecule has 1 aromatic heterocycles. The van der Waals surface area contributed by atoms with Crippen molar-refractivity contribution in [1.29, 1.82) is 0 Å². The largest absolute Gasteiger partial charge is 0.395 e. The maximum absolute atomic E-state index is 9.44. The molecule has 1 aromatic rings. The van der Waals surface area contributed by atoms with Crippen LogP contribution in [0.5, 0.6) is 0 Å². The molecule has 17 heavy (non-hydrogen) atoms. The summed E-state index contributed by atoms with van der Waals surface area (Å²) in [5, 5.41) is 22.0. The van der Waals surface area contributed by atoms with Crippen molar-refractivity contribution >= 4 is 11.8 Å². The summed E-state index contributed by atoms with van der Waals surface area (Å²) in [7, 11) is 0. The van der Waals surface area contributed by atoms with Crippen LogP contribution in [0, 0.1) is 5.92 Å². The van der Waals surface area contributed by atoms with Gasteiger partial charge >= 0.3 is 0 Å². The van der Waals surface area contributed by atoms with E-state index in [1.807, 2.05) is 4.68 Å². The molecule has 6 nitrogen and oxygen atoms in total. The van der Waals surface area contributed by atoms with E-state index < -0.39 is 0 Å². The van der Waals surface area contributed by atoms with Crippen LogP contribution in [0.1, 0.15) is 31.7 Å². The predicted octanol–water partition coefficient (Wildman–Crippen LogP) is 0.198. The molecule has 3 N–H and O–H groups in total. The molecule has 2 unspecified atom stereocenters. The summed E-state index contributed by atoms with van der Waals surface area (Å²) in [6.07, 6.45) is 4.67. The van der Waals surface area contributed by atoms with Crippen molar-refractivity contribution in [3.05, 3.63) is 0 Å². The van der Waals surface area contributed by atoms with Crippen molar-refractivity contribution in [3.8, 4) is 0 Å². The fourth-order valence-electron chi connectivity index (χ4n) is 1.97. The average Bonchev–Trinajstić information content (AvgIpc) is 3.23. The minimum atomic E-state index is 0.00556. The van der Waals surface area contributed by atoms with Gasteiger partial charge in [0.25, 0.3) is 0 Å². The number of thioether (sulfide) groups is 1. The van der Waals surface area contributed by atoms with Gasteiger partial charge in [0.2, 0.25) is 5.16 Å². The van der Waals surface area contributed by atoms with Crippen molar-refractivity contribution in [3.63, 3.8) is 0 Å². The Kier molecular flexibility index (Phi) is 3.06. The maximum Gasteiger partial charge on any atom is 0.209 e. The third-order valence-electron chi connectivity index (χ3n) is 3.39. The fraction of sp³-hybridized carbons (Fsp3) is 0.900. The zero-order valence-corrected chi connectivity index (χ0v) is 10.4. The van der Waals surface area contributed by atoms with Gasteiger partial charge in [0, 0.05) is 6.04 Å². The molecule has 2 saturated carbocycles. The Morgan fingerprint density at radius 2 is 2.18 bits per heavy atom. The van der Waals surface area contributed by atoms with Crippen molar-refractivity contribution in [2.45, 2.75) is 48.2 Å². The molecule has 2 atom stereocenters. The van der Waals surface area contributed by atoms with Crippen LogP contribution in [0.4, 0.5) is 0 Å². The topological polar surface area (TPSA) is 89.8 Å². The van der Waals surface area contributed by atoms with Crippen LogP contribution in [0.2, 0.25) is 0 Å². The van der Waals surface area contributed by atoms with Crippen LogP contribution in [-0.2, 0) is 0 Å². The Morgan fingerprint density at radius 1 is 1.41 bits per heavy atom. The van der Waals surface area contributed by atoms with Crippen LogP contribution in [0.15, 0.2) is 5.16 Å². The molecule has 0 amide bonds. The standard InChI is InChI=1S/C10H17N5OS/c11-9(6-1-2-6)8(5-16)17-10-12-13-14-15(10)7-3-4-7/h6-9,16H,1-5,11H2. The van der Waals surface area contributed by atoms with Gasteiger partial charge in [0.05, 0.1) is 17.9 Å². The van der Waals surface area contributed by atoms with E-state index >= 15 is 0 Å².